The van der Waals surface area contributed by atoms with Crippen molar-refractivity contribution in [3.63, 3.8) is 0 Å². The standard InChI is InChI=1S/C8H15N/c1-5-2-7-3-6(5)4-8(7)9/h5-8H,2-4,9H2,1H3/t5-,6+,7-,8+/m0/s1. The molecule has 2 aliphatic rings. The van der Waals surface area contributed by atoms with E-state index in [1.807, 2.05) is 0 Å². The minimum Gasteiger partial charge on any atom is -0.327 e. The van der Waals surface area contributed by atoms with Gasteiger partial charge in [-0.1, -0.05) is 6.92 Å². The lowest BCUT2D eigenvalue weighted by atomic mass is 9.88. The Labute approximate surface area is 56.6 Å². The highest BCUT2D eigenvalue weighted by Crippen LogP contribution is 2.47. The van der Waals surface area contributed by atoms with Crippen LogP contribution >= 0.6 is 0 Å². The van der Waals surface area contributed by atoms with E-state index in [-0.39, 0.29) is 0 Å². The van der Waals surface area contributed by atoms with E-state index in [1.165, 1.54) is 19.3 Å². The Balaban J connectivity index is 2.10. The third-order valence-corrected chi connectivity index (χ3v) is 3.27. The highest BCUT2D eigenvalue weighted by molar-refractivity contribution is 4.95. The van der Waals surface area contributed by atoms with Crippen LogP contribution in [0.2, 0.25) is 0 Å². The summed E-state index contributed by atoms with van der Waals surface area (Å²) in [6, 6.07) is 0.561. The fraction of sp³-hybridized carbons (Fsp3) is 1.00. The summed E-state index contributed by atoms with van der Waals surface area (Å²) in [5, 5.41) is 0. The van der Waals surface area contributed by atoms with E-state index in [2.05, 4.69) is 6.92 Å². The second-order valence-electron chi connectivity index (χ2n) is 3.87. The van der Waals surface area contributed by atoms with Crippen molar-refractivity contribution in [2.24, 2.45) is 23.5 Å². The van der Waals surface area contributed by atoms with Gasteiger partial charge < -0.3 is 5.73 Å². The van der Waals surface area contributed by atoms with Gasteiger partial charge in [-0.3, -0.25) is 0 Å². The maximum atomic E-state index is 5.88. The van der Waals surface area contributed by atoms with Gasteiger partial charge >= 0.3 is 0 Å². The van der Waals surface area contributed by atoms with E-state index in [4.69, 9.17) is 5.73 Å². The molecule has 2 bridgehead atoms. The van der Waals surface area contributed by atoms with Crippen molar-refractivity contribution in [2.75, 3.05) is 0 Å². The van der Waals surface area contributed by atoms with Gasteiger partial charge in [0.2, 0.25) is 0 Å². The lowest BCUT2D eigenvalue weighted by Gasteiger charge is -2.21. The topological polar surface area (TPSA) is 26.0 Å². The van der Waals surface area contributed by atoms with Gasteiger partial charge in [0, 0.05) is 6.04 Å². The molecule has 0 aromatic heterocycles. The highest BCUT2D eigenvalue weighted by Gasteiger charge is 2.41. The van der Waals surface area contributed by atoms with Crippen molar-refractivity contribution in [3.05, 3.63) is 0 Å². The summed E-state index contributed by atoms with van der Waals surface area (Å²) in [6.07, 6.45) is 4.15. The largest absolute Gasteiger partial charge is 0.327 e. The van der Waals surface area contributed by atoms with Crippen LogP contribution < -0.4 is 5.73 Å². The van der Waals surface area contributed by atoms with Gasteiger partial charge in [-0.2, -0.15) is 0 Å². The molecule has 1 heteroatoms. The van der Waals surface area contributed by atoms with Crippen molar-refractivity contribution in [1.82, 2.24) is 0 Å². The van der Waals surface area contributed by atoms with Crippen LogP contribution in [0.1, 0.15) is 26.2 Å². The fourth-order valence-electron chi connectivity index (χ4n) is 2.61. The Hall–Kier alpha value is -0.0400. The van der Waals surface area contributed by atoms with Crippen LogP contribution in [-0.2, 0) is 0 Å². The van der Waals surface area contributed by atoms with Crippen molar-refractivity contribution in [1.29, 1.82) is 0 Å². The molecular weight excluding hydrogens is 110 g/mol. The molecule has 2 aliphatic carbocycles. The smallest absolute Gasteiger partial charge is 0.00701 e. The van der Waals surface area contributed by atoms with Crippen LogP contribution in [-0.4, -0.2) is 6.04 Å². The van der Waals surface area contributed by atoms with Crippen LogP contribution in [0.3, 0.4) is 0 Å². The molecule has 0 heterocycles. The molecule has 0 amide bonds. The summed E-state index contributed by atoms with van der Waals surface area (Å²) in [5.41, 5.74) is 5.88. The SMILES string of the molecule is C[C@H]1C[C@H]2C[C@@H]1C[C@H]2N. The van der Waals surface area contributed by atoms with Crippen LogP contribution in [0.15, 0.2) is 0 Å². The highest BCUT2D eigenvalue weighted by atomic mass is 14.7. The molecule has 0 spiro atoms. The molecule has 2 N–H and O–H groups in total. The van der Waals surface area contributed by atoms with Gasteiger partial charge in [-0.15, -0.1) is 0 Å². The number of rotatable bonds is 0. The summed E-state index contributed by atoms with van der Waals surface area (Å²) in [5.74, 6) is 2.87. The molecule has 0 aromatic rings. The molecule has 1 nitrogen and oxygen atoms in total. The fourth-order valence-corrected chi connectivity index (χ4v) is 2.61. The number of hydrogen-bond donors (Lipinski definition) is 1. The van der Waals surface area contributed by atoms with Gasteiger partial charge in [-0.25, -0.2) is 0 Å². The van der Waals surface area contributed by atoms with Gasteiger partial charge in [0.05, 0.1) is 0 Å². The number of nitrogens with two attached hydrogens (primary N) is 1. The second-order valence-corrected chi connectivity index (χ2v) is 3.87. The first-order valence-corrected chi connectivity index (χ1v) is 4.03. The van der Waals surface area contributed by atoms with E-state index in [0.717, 1.165) is 17.8 Å². The Kier molecular flexibility index (Phi) is 1.10. The van der Waals surface area contributed by atoms with Crippen LogP contribution in [0, 0.1) is 17.8 Å². The van der Waals surface area contributed by atoms with E-state index >= 15 is 0 Å². The maximum absolute atomic E-state index is 5.88. The van der Waals surface area contributed by atoms with E-state index in [0.29, 0.717) is 6.04 Å². The third-order valence-electron chi connectivity index (χ3n) is 3.27. The average molecular weight is 125 g/mol. The Morgan fingerprint density at radius 3 is 2.22 bits per heavy atom. The minimum absolute atomic E-state index is 0.561. The molecule has 0 aromatic carbocycles. The van der Waals surface area contributed by atoms with E-state index < -0.39 is 0 Å². The zero-order chi connectivity index (χ0) is 6.43. The first-order valence-electron chi connectivity index (χ1n) is 4.03. The summed E-state index contributed by atoms with van der Waals surface area (Å²) >= 11 is 0. The lowest BCUT2D eigenvalue weighted by molar-refractivity contribution is 0.327. The van der Waals surface area contributed by atoms with E-state index in [1.54, 1.807) is 0 Å². The van der Waals surface area contributed by atoms with Crippen molar-refractivity contribution in [3.8, 4) is 0 Å². The Morgan fingerprint density at radius 2 is 1.89 bits per heavy atom. The predicted octanol–water partition coefficient (Wildman–Crippen LogP) is 1.38. The second kappa shape index (κ2) is 1.72. The normalized spacial score (nSPS) is 56.7. The first-order chi connectivity index (χ1) is 4.27. The molecule has 2 rings (SSSR count). The molecule has 0 aliphatic heterocycles. The van der Waals surface area contributed by atoms with Gasteiger partial charge in [0.25, 0.3) is 0 Å². The first kappa shape index (κ1) is 5.72. The van der Waals surface area contributed by atoms with Gasteiger partial charge in [0.15, 0.2) is 0 Å². The van der Waals surface area contributed by atoms with Crippen molar-refractivity contribution >= 4 is 0 Å². The quantitative estimate of drug-likeness (QED) is 0.520. The molecule has 9 heavy (non-hydrogen) atoms. The van der Waals surface area contributed by atoms with Crippen LogP contribution in [0.25, 0.3) is 0 Å². The predicted molar refractivity (Wildman–Crippen MR) is 38.0 cm³/mol. The molecule has 4 atom stereocenters. The lowest BCUT2D eigenvalue weighted by Crippen LogP contribution is -2.28. The zero-order valence-corrected chi connectivity index (χ0v) is 6.01. The van der Waals surface area contributed by atoms with E-state index in [9.17, 15) is 0 Å². The van der Waals surface area contributed by atoms with Crippen molar-refractivity contribution < 1.29 is 0 Å². The molecule has 52 valence electrons. The number of hydrogen-bond acceptors (Lipinski definition) is 1. The minimum atomic E-state index is 0.561. The zero-order valence-electron chi connectivity index (χ0n) is 6.01. The van der Waals surface area contributed by atoms with Crippen LogP contribution in [0.5, 0.6) is 0 Å². The molecule has 2 fully saturated rings. The molecule has 0 radical (unpaired) electrons. The molecular formula is C8H15N. The molecule has 0 unspecified atom stereocenters. The summed E-state index contributed by atoms with van der Waals surface area (Å²) in [7, 11) is 0. The Morgan fingerprint density at radius 1 is 1.11 bits per heavy atom. The summed E-state index contributed by atoms with van der Waals surface area (Å²) < 4.78 is 0. The van der Waals surface area contributed by atoms with Crippen LogP contribution in [0.4, 0.5) is 0 Å². The average Bonchev–Trinajstić information content (AvgIpc) is 2.24. The maximum Gasteiger partial charge on any atom is 0.00701 e. The summed E-state index contributed by atoms with van der Waals surface area (Å²) in [6.45, 7) is 2.37. The van der Waals surface area contributed by atoms with Gasteiger partial charge in [0.1, 0.15) is 0 Å². The van der Waals surface area contributed by atoms with Crippen molar-refractivity contribution in [2.45, 2.75) is 32.2 Å². The number of fused-ring (bicyclic) bond motifs is 2. The van der Waals surface area contributed by atoms with Gasteiger partial charge in [-0.05, 0) is 37.0 Å². The monoisotopic (exact) mass is 125 g/mol. The third kappa shape index (κ3) is 0.710. The molecule has 0 saturated heterocycles. The summed E-state index contributed by atoms with van der Waals surface area (Å²) in [4.78, 5) is 0. The molecule has 2 saturated carbocycles. The Bertz CT molecular complexity index is 104.